The van der Waals surface area contributed by atoms with Crippen LogP contribution in [-0.2, 0) is 9.59 Å². The molecule has 5 heteroatoms. The average molecular weight is 305 g/mol. The van der Waals surface area contributed by atoms with Crippen LogP contribution in [0.4, 0.5) is 0 Å². The topological polar surface area (TPSA) is 69.2 Å². The van der Waals surface area contributed by atoms with Crippen LogP contribution in [0.3, 0.4) is 0 Å². The van der Waals surface area contributed by atoms with E-state index in [0.29, 0.717) is 6.42 Å². The Morgan fingerprint density at radius 2 is 1.43 bits per heavy atom. The second-order valence-electron chi connectivity index (χ2n) is 5.12. The molecule has 0 saturated carbocycles. The Bertz CT molecular complexity index is 317. The van der Waals surface area contributed by atoms with Gasteiger partial charge in [-0.05, 0) is 13.3 Å². The summed E-state index contributed by atoms with van der Waals surface area (Å²) in [6, 6.07) is 0. The zero-order valence-corrected chi connectivity index (χ0v) is 15.9. The number of carbonyl (C=O) groups excluding carboxylic acids is 2. The van der Waals surface area contributed by atoms with Crippen LogP contribution in [0.5, 0.6) is 0 Å². The van der Waals surface area contributed by atoms with E-state index in [-0.39, 0.29) is 41.2 Å². The number of nitrogens with one attached hydrogen (secondary N) is 1. The number of carboxylic acid groups (broad SMARTS) is 1. The van der Waals surface area contributed by atoms with Crippen molar-refractivity contribution in [1.29, 1.82) is 0 Å². The number of aliphatic carboxylic acids is 1. The molecule has 0 spiro atoms. The molecule has 21 heavy (non-hydrogen) atoms. The number of carbonyl (C=O) groups is 2. The Morgan fingerprint density at radius 3 is 1.86 bits per heavy atom. The minimum Gasteiger partial charge on any atom is -0.543 e. The quantitative estimate of drug-likeness (QED) is 0.305. The van der Waals surface area contributed by atoms with Gasteiger partial charge in [0.2, 0.25) is 5.91 Å². The van der Waals surface area contributed by atoms with Crippen molar-refractivity contribution < 1.29 is 44.3 Å². The van der Waals surface area contributed by atoms with Crippen LogP contribution < -0.4 is 40.0 Å². The van der Waals surface area contributed by atoms with Gasteiger partial charge in [-0.2, -0.15) is 0 Å². The van der Waals surface area contributed by atoms with E-state index in [4.69, 9.17) is 0 Å². The van der Waals surface area contributed by atoms with E-state index >= 15 is 0 Å². The molecule has 4 nitrogen and oxygen atoms in total. The van der Waals surface area contributed by atoms with E-state index in [0.717, 1.165) is 19.3 Å². The SMILES string of the molecule is CC=C(NC(=O)CCCCCCCCCCC)C(=O)[O-].[Na+]. The summed E-state index contributed by atoms with van der Waals surface area (Å²) < 4.78 is 0. The molecular formula is C16H28NNaO3. The maximum atomic E-state index is 11.5. The number of carboxylic acids is 1. The zero-order chi connectivity index (χ0) is 15.2. The third kappa shape index (κ3) is 14.4. The van der Waals surface area contributed by atoms with Crippen molar-refractivity contribution >= 4 is 11.9 Å². The molecule has 1 N–H and O–H groups in total. The summed E-state index contributed by atoms with van der Waals surface area (Å²) in [6.45, 7) is 3.77. The van der Waals surface area contributed by atoms with Crippen molar-refractivity contribution in [3.63, 3.8) is 0 Å². The van der Waals surface area contributed by atoms with Crippen molar-refractivity contribution in [2.75, 3.05) is 0 Å². The van der Waals surface area contributed by atoms with E-state index in [1.54, 1.807) is 6.92 Å². The number of unbranched alkanes of at least 4 members (excludes halogenated alkanes) is 8. The minimum absolute atomic E-state index is 0. The molecule has 0 radical (unpaired) electrons. The second kappa shape index (κ2) is 16.1. The van der Waals surface area contributed by atoms with Gasteiger partial charge in [-0.3, -0.25) is 4.79 Å². The van der Waals surface area contributed by atoms with E-state index < -0.39 is 5.97 Å². The van der Waals surface area contributed by atoms with Gasteiger partial charge in [-0.1, -0.05) is 64.4 Å². The van der Waals surface area contributed by atoms with Crippen LogP contribution in [0, 0.1) is 0 Å². The fourth-order valence-electron chi connectivity index (χ4n) is 2.05. The summed E-state index contributed by atoms with van der Waals surface area (Å²) in [5.41, 5.74) is -0.147. The van der Waals surface area contributed by atoms with Crippen molar-refractivity contribution in [1.82, 2.24) is 5.32 Å². The molecule has 0 aromatic heterocycles. The molecule has 0 aromatic rings. The Balaban J connectivity index is 0. The van der Waals surface area contributed by atoms with Gasteiger partial charge in [-0.15, -0.1) is 0 Å². The fourth-order valence-corrected chi connectivity index (χ4v) is 2.05. The monoisotopic (exact) mass is 305 g/mol. The Morgan fingerprint density at radius 1 is 0.952 bits per heavy atom. The summed E-state index contributed by atoms with van der Waals surface area (Å²) >= 11 is 0. The summed E-state index contributed by atoms with van der Waals surface area (Å²) in [4.78, 5) is 22.1. The molecule has 0 atom stereocenters. The number of allylic oxidation sites excluding steroid dienone is 1. The zero-order valence-electron chi connectivity index (χ0n) is 13.9. The summed E-state index contributed by atoms with van der Waals surface area (Å²) in [6.07, 6.45) is 12.4. The van der Waals surface area contributed by atoms with Gasteiger partial charge in [0, 0.05) is 6.42 Å². The Labute approximate surface area is 151 Å². The average Bonchev–Trinajstić information content (AvgIpc) is 2.42. The Kier molecular flexibility index (Phi) is 17.6. The molecule has 0 rings (SSSR count). The molecule has 0 aliphatic carbocycles. The van der Waals surface area contributed by atoms with Crippen LogP contribution >= 0.6 is 0 Å². The molecule has 0 aliphatic heterocycles. The maximum absolute atomic E-state index is 11.5. The summed E-state index contributed by atoms with van der Waals surface area (Å²) in [7, 11) is 0. The van der Waals surface area contributed by atoms with E-state index in [1.807, 2.05) is 0 Å². The first-order chi connectivity index (χ1) is 9.61. The number of hydrogen-bond donors (Lipinski definition) is 1. The normalized spacial score (nSPS) is 10.9. The largest absolute Gasteiger partial charge is 1.00 e. The smallest absolute Gasteiger partial charge is 0.543 e. The molecule has 0 unspecified atom stereocenters. The molecule has 0 aromatic carbocycles. The fraction of sp³-hybridized carbons (Fsp3) is 0.750. The maximum Gasteiger partial charge on any atom is 1.00 e. The van der Waals surface area contributed by atoms with Crippen LogP contribution in [0.15, 0.2) is 11.8 Å². The Hall–Kier alpha value is -0.320. The van der Waals surface area contributed by atoms with Crippen molar-refractivity contribution in [3.8, 4) is 0 Å². The summed E-state index contributed by atoms with van der Waals surface area (Å²) in [5.74, 6) is -1.59. The first-order valence-electron chi connectivity index (χ1n) is 7.79. The van der Waals surface area contributed by atoms with Gasteiger partial charge in [0.15, 0.2) is 0 Å². The van der Waals surface area contributed by atoms with Gasteiger partial charge >= 0.3 is 29.6 Å². The number of rotatable bonds is 12. The number of amides is 1. The van der Waals surface area contributed by atoms with Crippen LogP contribution in [0.25, 0.3) is 0 Å². The molecule has 0 aliphatic rings. The molecule has 0 saturated heterocycles. The minimum atomic E-state index is -1.34. The third-order valence-corrected chi connectivity index (χ3v) is 3.29. The predicted octanol–water partition coefficient (Wildman–Crippen LogP) is -0.319. The van der Waals surface area contributed by atoms with Gasteiger partial charge in [0.05, 0.1) is 11.7 Å². The standard InChI is InChI=1S/C16H29NO3.Na/c1-3-5-6-7-8-9-10-11-12-13-15(18)17-14(4-2)16(19)20;/h4H,3,5-13H2,1-2H3,(H,17,18)(H,19,20);/q;+1/p-1. The van der Waals surface area contributed by atoms with Crippen molar-refractivity contribution in [2.24, 2.45) is 0 Å². The first kappa shape index (κ1) is 23.0. The predicted molar refractivity (Wildman–Crippen MR) is 78.8 cm³/mol. The third-order valence-electron chi connectivity index (χ3n) is 3.29. The van der Waals surface area contributed by atoms with Gasteiger partial charge in [0.1, 0.15) is 0 Å². The molecular weight excluding hydrogens is 277 g/mol. The van der Waals surface area contributed by atoms with E-state index in [9.17, 15) is 14.7 Å². The van der Waals surface area contributed by atoms with Crippen molar-refractivity contribution in [2.45, 2.75) is 78.1 Å². The van der Waals surface area contributed by atoms with Gasteiger partial charge in [-0.25, -0.2) is 0 Å². The molecule has 0 heterocycles. The van der Waals surface area contributed by atoms with Crippen LogP contribution in [-0.4, -0.2) is 11.9 Å². The number of hydrogen-bond acceptors (Lipinski definition) is 3. The molecule has 116 valence electrons. The second-order valence-corrected chi connectivity index (χ2v) is 5.12. The van der Waals surface area contributed by atoms with E-state index in [2.05, 4.69) is 12.2 Å². The van der Waals surface area contributed by atoms with Crippen LogP contribution in [0.1, 0.15) is 78.1 Å². The van der Waals surface area contributed by atoms with Gasteiger partial charge in [0.25, 0.3) is 0 Å². The summed E-state index contributed by atoms with van der Waals surface area (Å²) in [5, 5.41) is 12.9. The van der Waals surface area contributed by atoms with E-state index in [1.165, 1.54) is 44.6 Å². The van der Waals surface area contributed by atoms with Crippen LogP contribution in [0.2, 0.25) is 0 Å². The van der Waals surface area contributed by atoms with Gasteiger partial charge < -0.3 is 15.2 Å². The molecule has 1 amide bonds. The molecule has 0 bridgehead atoms. The van der Waals surface area contributed by atoms with Crippen molar-refractivity contribution in [3.05, 3.63) is 11.8 Å². The molecule has 0 fully saturated rings. The first-order valence-corrected chi connectivity index (χ1v) is 7.79.